The third-order valence-electron chi connectivity index (χ3n) is 4.40. The Kier molecular flexibility index (Phi) is 8.99. The average Bonchev–Trinajstić information content (AvgIpc) is 3.49. The molecule has 1 amide bonds. The van der Waals surface area contributed by atoms with Gasteiger partial charge in [0.2, 0.25) is 17.7 Å². The zero-order valence-electron chi connectivity index (χ0n) is 16.2. The molecule has 0 aromatic carbocycles. The van der Waals surface area contributed by atoms with Gasteiger partial charge in [0.25, 0.3) is 0 Å². The van der Waals surface area contributed by atoms with E-state index >= 15 is 0 Å². The number of ether oxygens (including phenoxy) is 1. The van der Waals surface area contributed by atoms with Crippen LogP contribution in [0.25, 0.3) is 0 Å². The first-order valence-corrected chi connectivity index (χ1v) is 10.0. The number of carbonyl (C=O) groups is 1. The highest BCUT2D eigenvalue weighted by atomic mass is 127. The number of aliphatic imine (C=N–C) groups is 1. The van der Waals surface area contributed by atoms with Gasteiger partial charge in [0.1, 0.15) is 6.54 Å². The fourth-order valence-electron chi connectivity index (χ4n) is 2.83. The van der Waals surface area contributed by atoms with E-state index in [1.165, 1.54) is 0 Å². The Bertz CT molecular complexity index is 694. The van der Waals surface area contributed by atoms with Gasteiger partial charge in [-0.1, -0.05) is 0 Å². The minimum atomic E-state index is -0.0121. The molecule has 3 rings (SSSR count). The molecule has 2 fully saturated rings. The highest BCUT2D eigenvalue weighted by molar-refractivity contribution is 14.0. The quantitative estimate of drug-likeness (QED) is 0.303. The minimum Gasteiger partial charge on any atom is -0.480 e. The van der Waals surface area contributed by atoms with Crippen molar-refractivity contribution >= 4 is 57.7 Å². The second-order valence-corrected chi connectivity index (χ2v) is 7.37. The summed E-state index contributed by atoms with van der Waals surface area (Å²) < 4.78 is 5.99. The summed E-state index contributed by atoms with van der Waals surface area (Å²) >= 11 is 3.37. The number of hydrogen-bond donors (Lipinski definition) is 2. The van der Waals surface area contributed by atoms with Crippen molar-refractivity contribution in [2.24, 2.45) is 4.99 Å². The SMILES string of the molecule is CCNC(=NCC(=O)NC1CC1)N1CCN(c2ncc(Br)c(OC)n2)CC1.I. The molecule has 2 N–H and O–H groups in total. The van der Waals surface area contributed by atoms with Gasteiger partial charge >= 0.3 is 0 Å². The Labute approximate surface area is 190 Å². The van der Waals surface area contributed by atoms with Crippen LogP contribution in [0.5, 0.6) is 5.88 Å². The number of carbonyl (C=O) groups excluding carboxylic acids is 1. The molecule has 28 heavy (non-hydrogen) atoms. The van der Waals surface area contributed by atoms with E-state index in [0.29, 0.717) is 17.9 Å². The molecule has 1 aliphatic carbocycles. The van der Waals surface area contributed by atoms with Gasteiger partial charge in [-0.3, -0.25) is 4.79 Å². The zero-order chi connectivity index (χ0) is 19.2. The number of halogens is 2. The maximum Gasteiger partial charge on any atom is 0.242 e. The first kappa shape index (κ1) is 22.9. The third-order valence-corrected chi connectivity index (χ3v) is 4.95. The standard InChI is InChI=1S/C17H26BrN7O2.HI/c1-3-19-16(21-11-14(26)22-12-4-5-12)24-6-8-25(9-7-24)17-20-10-13(18)15(23-17)27-2;/h10,12H,3-9,11H2,1-2H3,(H,19,21)(H,22,26);1H. The lowest BCUT2D eigenvalue weighted by molar-refractivity contribution is -0.119. The molecule has 1 saturated carbocycles. The summed E-state index contributed by atoms with van der Waals surface area (Å²) in [4.78, 5) is 29.5. The van der Waals surface area contributed by atoms with Crippen molar-refractivity contribution in [1.82, 2.24) is 25.5 Å². The van der Waals surface area contributed by atoms with Gasteiger partial charge in [-0.05, 0) is 35.7 Å². The lowest BCUT2D eigenvalue weighted by atomic mass is 10.3. The van der Waals surface area contributed by atoms with Crippen LogP contribution in [0, 0.1) is 0 Å². The molecule has 9 nitrogen and oxygen atoms in total. The van der Waals surface area contributed by atoms with Crippen LogP contribution in [-0.4, -0.2) is 79.2 Å². The van der Waals surface area contributed by atoms with E-state index in [1.54, 1.807) is 13.3 Å². The molecule has 156 valence electrons. The molecule has 11 heteroatoms. The number of amides is 1. The van der Waals surface area contributed by atoms with Crippen LogP contribution >= 0.6 is 39.9 Å². The van der Waals surface area contributed by atoms with Crippen LogP contribution in [0.4, 0.5) is 5.95 Å². The number of piperazine rings is 1. The van der Waals surface area contributed by atoms with Crippen molar-refractivity contribution in [2.75, 3.05) is 51.3 Å². The molecule has 0 unspecified atom stereocenters. The van der Waals surface area contributed by atoms with Crippen LogP contribution in [-0.2, 0) is 4.79 Å². The summed E-state index contributed by atoms with van der Waals surface area (Å²) in [7, 11) is 1.59. The largest absolute Gasteiger partial charge is 0.480 e. The number of methoxy groups -OCH3 is 1. The predicted molar refractivity (Wildman–Crippen MR) is 123 cm³/mol. The van der Waals surface area contributed by atoms with Crippen LogP contribution in [0.1, 0.15) is 19.8 Å². The Hall–Kier alpha value is -1.37. The summed E-state index contributed by atoms with van der Waals surface area (Å²) in [6.07, 6.45) is 3.87. The summed E-state index contributed by atoms with van der Waals surface area (Å²) in [5.74, 6) is 1.94. The fourth-order valence-corrected chi connectivity index (χ4v) is 3.18. The molecule has 1 saturated heterocycles. The number of anilines is 1. The summed E-state index contributed by atoms with van der Waals surface area (Å²) in [6.45, 7) is 6.03. The first-order valence-electron chi connectivity index (χ1n) is 9.24. The molecular weight excluding hydrogens is 541 g/mol. The van der Waals surface area contributed by atoms with Crippen LogP contribution in [0.3, 0.4) is 0 Å². The van der Waals surface area contributed by atoms with Crippen LogP contribution in [0.2, 0.25) is 0 Å². The van der Waals surface area contributed by atoms with E-state index < -0.39 is 0 Å². The number of aromatic nitrogens is 2. The Balaban J connectivity index is 0.00000280. The van der Waals surface area contributed by atoms with Crippen LogP contribution in [0.15, 0.2) is 15.7 Å². The molecular formula is C17H27BrIN7O2. The highest BCUT2D eigenvalue weighted by Crippen LogP contribution is 2.24. The Morgan fingerprint density at radius 1 is 1.36 bits per heavy atom. The second-order valence-electron chi connectivity index (χ2n) is 6.51. The maximum absolute atomic E-state index is 11.9. The topological polar surface area (TPSA) is 95.0 Å². The van der Waals surface area contributed by atoms with Crippen molar-refractivity contribution < 1.29 is 9.53 Å². The zero-order valence-corrected chi connectivity index (χ0v) is 20.1. The molecule has 0 bridgehead atoms. The molecule has 2 aliphatic rings. The average molecular weight is 568 g/mol. The number of hydrogen-bond acceptors (Lipinski definition) is 6. The smallest absolute Gasteiger partial charge is 0.242 e. The highest BCUT2D eigenvalue weighted by Gasteiger charge is 2.24. The molecule has 1 aliphatic heterocycles. The Morgan fingerprint density at radius 3 is 2.68 bits per heavy atom. The van der Waals surface area contributed by atoms with Crippen molar-refractivity contribution in [3.63, 3.8) is 0 Å². The molecule has 0 spiro atoms. The fraction of sp³-hybridized carbons (Fsp3) is 0.647. The summed E-state index contributed by atoms with van der Waals surface area (Å²) in [5.41, 5.74) is 0. The van der Waals surface area contributed by atoms with Crippen molar-refractivity contribution in [1.29, 1.82) is 0 Å². The normalized spacial score (nSPS) is 17.0. The van der Waals surface area contributed by atoms with Gasteiger partial charge in [0.05, 0.1) is 17.8 Å². The van der Waals surface area contributed by atoms with E-state index in [0.717, 1.165) is 56.0 Å². The predicted octanol–water partition coefficient (Wildman–Crippen LogP) is 1.23. The minimum absolute atomic E-state index is 0. The van der Waals surface area contributed by atoms with E-state index in [2.05, 4.69) is 51.3 Å². The lowest BCUT2D eigenvalue weighted by Crippen LogP contribution is -2.53. The van der Waals surface area contributed by atoms with Crippen molar-refractivity contribution in [3.8, 4) is 5.88 Å². The summed E-state index contributed by atoms with van der Waals surface area (Å²) in [5, 5.41) is 6.24. The molecule has 0 atom stereocenters. The first-order chi connectivity index (χ1) is 13.1. The molecule has 1 aromatic heterocycles. The van der Waals surface area contributed by atoms with Crippen LogP contribution < -0.4 is 20.3 Å². The number of guanidine groups is 1. The number of nitrogens with zero attached hydrogens (tertiary/aromatic N) is 5. The van der Waals surface area contributed by atoms with E-state index in [4.69, 9.17) is 4.74 Å². The Morgan fingerprint density at radius 2 is 2.07 bits per heavy atom. The van der Waals surface area contributed by atoms with Gasteiger partial charge in [-0.25, -0.2) is 9.98 Å². The number of rotatable bonds is 6. The maximum atomic E-state index is 11.9. The molecule has 2 heterocycles. The van der Waals surface area contributed by atoms with Gasteiger partial charge in [-0.2, -0.15) is 4.98 Å². The van der Waals surface area contributed by atoms with Gasteiger partial charge in [0, 0.05) is 38.8 Å². The third kappa shape index (κ3) is 6.33. The molecule has 0 radical (unpaired) electrons. The lowest BCUT2D eigenvalue weighted by Gasteiger charge is -2.36. The van der Waals surface area contributed by atoms with Gasteiger partial charge in [0.15, 0.2) is 5.96 Å². The van der Waals surface area contributed by atoms with E-state index in [1.807, 2.05) is 6.92 Å². The van der Waals surface area contributed by atoms with Crippen molar-refractivity contribution in [3.05, 3.63) is 10.7 Å². The van der Waals surface area contributed by atoms with E-state index in [9.17, 15) is 4.79 Å². The van der Waals surface area contributed by atoms with Gasteiger partial charge in [-0.15, -0.1) is 24.0 Å². The molecule has 1 aromatic rings. The second kappa shape index (κ2) is 11.0. The summed E-state index contributed by atoms with van der Waals surface area (Å²) in [6, 6.07) is 0.363. The van der Waals surface area contributed by atoms with Gasteiger partial charge < -0.3 is 25.2 Å². The van der Waals surface area contributed by atoms with E-state index in [-0.39, 0.29) is 36.4 Å². The number of nitrogens with one attached hydrogen (secondary N) is 2. The monoisotopic (exact) mass is 567 g/mol. The van der Waals surface area contributed by atoms with Crippen molar-refractivity contribution in [2.45, 2.75) is 25.8 Å².